The molecule has 2 atom stereocenters. The zero-order valence-electron chi connectivity index (χ0n) is 10.4. The van der Waals surface area contributed by atoms with Crippen molar-refractivity contribution in [3.05, 3.63) is 12.7 Å². The first-order chi connectivity index (χ1) is 8.02. The van der Waals surface area contributed by atoms with Gasteiger partial charge in [-0.25, -0.2) is 0 Å². The fraction of sp³-hybridized carbons (Fsp3) is 0.667. The van der Waals surface area contributed by atoms with Crippen molar-refractivity contribution in [1.82, 2.24) is 0 Å². The van der Waals surface area contributed by atoms with Crippen molar-refractivity contribution in [3.63, 3.8) is 0 Å². The van der Waals surface area contributed by atoms with E-state index in [4.69, 9.17) is 16.6 Å². The number of amidine groups is 1. The fourth-order valence-corrected chi connectivity index (χ4v) is 1.63. The van der Waals surface area contributed by atoms with Gasteiger partial charge in [0.05, 0.1) is 5.84 Å². The molecule has 0 aliphatic carbocycles. The number of carbonyl (C=O) groups is 1. The van der Waals surface area contributed by atoms with Gasteiger partial charge in [0.15, 0.2) is 0 Å². The number of nitrogens with zero attached hydrogens (tertiary/aromatic N) is 1. The predicted molar refractivity (Wildman–Crippen MR) is 69.9 cm³/mol. The number of hydrogen-bond acceptors (Lipinski definition) is 3. The molecule has 1 unspecified atom stereocenters. The summed E-state index contributed by atoms with van der Waals surface area (Å²) in [5.41, 5.74) is 11.2. The van der Waals surface area contributed by atoms with E-state index in [2.05, 4.69) is 11.6 Å². The van der Waals surface area contributed by atoms with Crippen LogP contribution in [0.1, 0.15) is 32.6 Å². The highest BCUT2D eigenvalue weighted by Gasteiger charge is 2.21. The van der Waals surface area contributed by atoms with Gasteiger partial charge in [0, 0.05) is 13.0 Å². The van der Waals surface area contributed by atoms with Crippen molar-refractivity contribution in [1.29, 1.82) is 0 Å². The fourth-order valence-electron chi connectivity index (χ4n) is 1.63. The third-order valence-corrected chi connectivity index (χ3v) is 2.72. The van der Waals surface area contributed by atoms with E-state index in [1.165, 1.54) is 0 Å². The Kier molecular flexibility index (Phi) is 8.05. The maximum atomic E-state index is 10.7. The van der Waals surface area contributed by atoms with Crippen molar-refractivity contribution >= 4 is 11.8 Å². The first-order valence-corrected chi connectivity index (χ1v) is 5.91. The van der Waals surface area contributed by atoms with Crippen molar-refractivity contribution in [2.24, 2.45) is 22.4 Å². The molecule has 0 saturated carbocycles. The van der Waals surface area contributed by atoms with Gasteiger partial charge in [-0.2, -0.15) is 0 Å². The van der Waals surface area contributed by atoms with Crippen LogP contribution < -0.4 is 11.5 Å². The summed E-state index contributed by atoms with van der Waals surface area (Å²) in [7, 11) is 0. The minimum Gasteiger partial charge on any atom is -0.480 e. The van der Waals surface area contributed by atoms with Gasteiger partial charge in [-0.05, 0) is 18.8 Å². The molecule has 5 N–H and O–H groups in total. The molecule has 0 aromatic carbocycles. The van der Waals surface area contributed by atoms with Crippen LogP contribution >= 0.6 is 0 Å². The molecular formula is C12H23N3O2. The minimum atomic E-state index is -0.938. The molecular weight excluding hydrogens is 218 g/mol. The summed E-state index contributed by atoms with van der Waals surface area (Å²) in [5.74, 6) is -0.370. The lowest BCUT2D eigenvalue weighted by atomic mass is 9.92. The topological polar surface area (TPSA) is 102 Å². The zero-order valence-corrected chi connectivity index (χ0v) is 10.4. The molecule has 98 valence electrons. The Morgan fingerprint density at radius 2 is 2.24 bits per heavy atom. The highest BCUT2D eigenvalue weighted by atomic mass is 16.4. The second-order valence-electron chi connectivity index (χ2n) is 4.04. The summed E-state index contributed by atoms with van der Waals surface area (Å²) >= 11 is 0. The Morgan fingerprint density at radius 3 is 2.71 bits per heavy atom. The van der Waals surface area contributed by atoms with Crippen LogP contribution in [0.5, 0.6) is 0 Å². The first-order valence-electron chi connectivity index (χ1n) is 5.91. The maximum absolute atomic E-state index is 10.7. The molecule has 0 aliphatic rings. The molecule has 0 spiro atoms. The van der Waals surface area contributed by atoms with Gasteiger partial charge >= 0.3 is 5.97 Å². The van der Waals surface area contributed by atoms with Gasteiger partial charge in [0.2, 0.25) is 0 Å². The monoisotopic (exact) mass is 241 g/mol. The Hall–Kier alpha value is -1.36. The van der Waals surface area contributed by atoms with Gasteiger partial charge in [0.1, 0.15) is 6.04 Å². The van der Waals surface area contributed by atoms with Crippen molar-refractivity contribution < 1.29 is 9.90 Å². The number of carboxylic acid groups (broad SMARTS) is 1. The van der Waals surface area contributed by atoms with E-state index in [0.717, 1.165) is 19.3 Å². The smallest absolute Gasteiger partial charge is 0.320 e. The van der Waals surface area contributed by atoms with Crippen LogP contribution in [0.3, 0.4) is 0 Å². The molecule has 0 rings (SSSR count). The second-order valence-corrected chi connectivity index (χ2v) is 4.04. The summed E-state index contributed by atoms with van der Waals surface area (Å²) in [5, 5.41) is 8.81. The van der Waals surface area contributed by atoms with Crippen LogP contribution in [0.4, 0.5) is 0 Å². The molecule has 5 heteroatoms. The van der Waals surface area contributed by atoms with E-state index >= 15 is 0 Å². The molecule has 0 bridgehead atoms. The number of aliphatic carboxylic acids is 1. The number of nitrogens with two attached hydrogens (primary N) is 2. The highest BCUT2D eigenvalue weighted by molar-refractivity contribution is 5.81. The molecule has 0 radical (unpaired) electrons. The van der Waals surface area contributed by atoms with E-state index in [1.54, 1.807) is 6.08 Å². The minimum absolute atomic E-state index is 0.00308. The standard InChI is InChI=1S/C12H23N3O2/c1-3-6-10(13)15-8-5-7-9(4-2)11(14)12(16)17/h3,9,11H,1,4-8,14H2,2H3,(H2,13,15)(H,16,17)/t9?,11-/m0/s1. The number of carboxylic acids is 1. The van der Waals surface area contributed by atoms with Crippen LogP contribution in [0.2, 0.25) is 0 Å². The molecule has 0 saturated heterocycles. The third-order valence-electron chi connectivity index (χ3n) is 2.72. The van der Waals surface area contributed by atoms with Gasteiger partial charge < -0.3 is 16.6 Å². The Labute approximate surface area is 103 Å². The van der Waals surface area contributed by atoms with Crippen LogP contribution in [0, 0.1) is 5.92 Å². The quantitative estimate of drug-likeness (QED) is 0.244. The third kappa shape index (κ3) is 6.73. The van der Waals surface area contributed by atoms with Crippen LogP contribution in [0.25, 0.3) is 0 Å². The second kappa shape index (κ2) is 8.75. The number of aliphatic imine (C=N–C) groups is 1. The summed E-state index contributed by atoms with van der Waals surface area (Å²) in [4.78, 5) is 14.9. The van der Waals surface area contributed by atoms with Gasteiger partial charge in [0.25, 0.3) is 0 Å². The molecule has 0 aromatic rings. The normalized spacial score (nSPS) is 15.3. The molecule has 0 aliphatic heterocycles. The largest absolute Gasteiger partial charge is 0.480 e. The van der Waals surface area contributed by atoms with Crippen LogP contribution in [0.15, 0.2) is 17.6 Å². The average molecular weight is 241 g/mol. The molecule has 5 nitrogen and oxygen atoms in total. The van der Waals surface area contributed by atoms with Gasteiger partial charge in [-0.3, -0.25) is 9.79 Å². The summed E-state index contributed by atoms with van der Waals surface area (Å²) in [6.07, 6.45) is 4.62. The summed E-state index contributed by atoms with van der Waals surface area (Å²) in [6, 6.07) is -0.783. The summed E-state index contributed by atoms with van der Waals surface area (Å²) < 4.78 is 0. The predicted octanol–water partition coefficient (Wildman–Crippen LogP) is 1.14. The molecule has 0 heterocycles. The zero-order chi connectivity index (χ0) is 13.3. The summed E-state index contributed by atoms with van der Waals surface area (Å²) in [6.45, 7) is 6.13. The van der Waals surface area contributed by atoms with E-state index in [9.17, 15) is 4.79 Å². The Bertz CT molecular complexity index is 277. The lowest BCUT2D eigenvalue weighted by molar-refractivity contribution is -0.140. The Balaban J connectivity index is 3.96. The molecule has 0 fully saturated rings. The average Bonchev–Trinajstić information content (AvgIpc) is 2.28. The Morgan fingerprint density at radius 1 is 1.59 bits per heavy atom. The van der Waals surface area contributed by atoms with Gasteiger partial charge in [-0.1, -0.05) is 19.4 Å². The van der Waals surface area contributed by atoms with Crippen LogP contribution in [-0.2, 0) is 4.79 Å². The maximum Gasteiger partial charge on any atom is 0.320 e. The molecule has 17 heavy (non-hydrogen) atoms. The van der Waals surface area contributed by atoms with E-state index in [-0.39, 0.29) is 5.92 Å². The lowest BCUT2D eigenvalue weighted by Crippen LogP contribution is -2.37. The van der Waals surface area contributed by atoms with E-state index < -0.39 is 12.0 Å². The van der Waals surface area contributed by atoms with E-state index in [1.807, 2.05) is 6.92 Å². The molecule has 0 amide bonds. The van der Waals surface area contributed by atoms with Crippen molar-refractivity contribution in [2.75, 3.05) is 6.54 Å². The molecule has 0 aromatic heterocycles. The SMILES string of the molecule is C=CCC(N)=NCCCC(CC)[C@H](N)C(=O)O. The van der Waals surface area contributed by atoms with E-state index in [0.29, 0.717) is 18.8 Å². The van der Waals surface area contributed by atoms with Crippen molar-refractivity contribution in [2.45, 2.75) is 38.6 Å². The van der Waals surface area contributed by atoms with Gasteiger partial charge in [-0.15, -0.1) is 6.58 Å². The number of rotatable bonds is 9. The first kappa shape index (κ1) is 15.6. The lowest BCUT2D eigenvalue weighted by Gasteiger charge is -2.18. The highest BCUT2D eigenvalue weighted by Crippen LogP contribution is 2.14. The van der Waals surface area contributed by atoms with Crippen molar-refractivity contribution in [3.8, 4) is 0 Å². The van der Waals surface area contributed by atoms with Crippen LogP contribution in [-0.4, -0.2) is 29.5 Å². The number of hydrogen-bond donors (Lipinski definition) is 3.